The average molecular weight is 388 g/mol. The Morgan fingerprint density at radius 3 is 2.56 bits per heavy atom. The normalized spacial score (nSPS) is 15.0. The molecule has 0 bridgehead atoms. The summed E-state index contributed by atoms with van der Waals surface area (Å²) in [7, 11) is 1.85. The molecule has 0 spiro atoms. The molecule has 1 aromatic carbocycles. The summed E-state index contributed by atoms with van der Waals surface area (Å²) in [6.07, 6.45) is 1.97. The maximum absolute atomic E-state index is 12.5. The van der Waals surface area contributed by atoms with Crippen molar-refractivity contribution in [1.29, 1.82) is 0 Å². The van der Waals surface area contributed by atoms with Crippen molar-refractivity contribution in [3.8, 4) is 0 Å². The number of carbonyl (C=O) groups excluding carboxylic acids is 2. The van der Waals surface area contributed by atoms with Crippen LogP contribution in [0.25, 0.3) is 0 Å². The van der Waals surface area contributed by atoms with Crippen LogP contribution >= 0.6 is 11.5 Å². The Morgan fingerprint density at radius 1 is 1.26 bits per heavy atom. The van der Waals surface area contributed by atoms with E-state index in [-0.39, 0.29) is 24.3 Å². The van der Waals surface area contributed by atoms with Crippen molar-refractivity contribution in [2.75, 3.05) is 31.6 Å². The number of carbonyl (C=O) groups is 2. The molecule has 1 aliphatic heterocycles. The van der Waals surface area contributed by atoms with Crippen LogP contribution in [0.2, 0.25) is 0 Å². The van der Waals surface area contributed by atoms with Crippen molar-refractivity contribution in [2.24, 2.45) is 11.7 Å². The van der Waals surface area contributed by atoms with E-state index in [1.165, 1.54) is 22.7 Å². The van der Waals surface area contributed by atoms with Crippen molar-refractivity contribution in [3.63, 3.8) is 0 Å². The van der Waals surface area contributed by atoms with Gasteiger partial charge in [0.25, 0.3) is 0 Å². The number of amides is 2. The van der Waals surface area contributed by atoms with Crippen LogP contribution in [0.3, 0.4) is 0 Å². The molecule has 2 aromatic rings. The number of piperidine rings is 1. The number of nitrogens with zero attached hydrogens (tertiary/aromatic N) is 4. The van der Waals surface area contributed by atoms with E-state index in [0.29, 0.717) is 32.4 Å². The molecule has 27 heavy (non-hydrogen) atoms. The van der Waals surface area contributed by atoms with Crippen LogP contribution in [0.5, 0.6) is 0 Å². The fourth-order valence-electron chi connectivity index (χ4n) is 3.14. The summed E-state index contributed by atoms with van der Waals surface area (Å²) in [6.45, 7) is 3.47. The first-order chi connectivity index (χ1) is 12.9. The van der Waals surface area contributed by atoms with Crippen molar-refractivity contribution in [3.05, 3.63) is 41.2 Å². The second kappa shape index (κ2) is 8.47. The fourth-order valence-corrected chi connectivity index (χ4v) is 3.79. The summed E-state index contributed by atoms with van der Waals surface area (Å²) in [5.41, 5.74) is 7.74. The van der Waals surface area contributed by atoms with Gasteiger partial charge in [-0.3, -0.25) is 9.59 Å². The van der Waals surface area contributed by atoms with E-state index in [9.17, 15) is 9.59 Å². The zero-order valence-corrected chi connectivity index (χ0v) is 16.5. The highest BCUT2D eigenvalue weighted by atomic mass is 32.1. The lowest BCUT2D eigenvalue weighted by atomic mass is 9.96. The number of rotatable bonds is 6. The lowest BCUT2D eigenvalue weighted by molar-refractivity contribution is -0.133. The molecule has 7 nitrogen and oxygen atoms in total. The number of likely N-dealkylation sites (N-methyl/N-ethyl adjacent to an activating group) is 1. The summed E-state index contributed by atoms with van der Waals surface area (Å²) in [5, 5.41) is 0.734. The summed E-state index contributed by atoms with van der Waals surface area (Å²) < 4.78 is 4.42. The molecule has 2 amide bonds. The predicted molar refractivity (Wildman–Crippen MR) is 106 cm³/mol. The van der Waals surface area contributed by atoms with Gasteiger partial charge in [0.05, 0.1) is 6.54 Å². The topological polar surface area (TPSA) is 92.4 Å². The Hall–Kier alpha value is -2.48. The monoisotopic (exact) mass is 387 g/mol. The molecule has 2 N–H and O–H groups in total. The van der Waals surface area contributed by atoms with Crippen LogP contribution in [-0.2, 0) is 16.0 Å². The van der Waals surface area contributed by atoms with Gasteiger partial charge in [0.1, 0.15) is 5.82 Å². The maximum atomic E-state index is 12.5. The molecule has 0 unspecified atom stereocenters. The minimum absolute atomic E-state index is 0.0377. The first-order valence-corrected chi connectivity index (χ1v) is 9.86. The Kier molecular flexibility index (Phi) is 6.05. The highest BCUT2D eigenvalue weighted by molar-refractivity contribution is 7.09. The van der Waals surface area contributed by atoms with Gasteiger partial charge in [0, 0.05) is 44.0 Å². The fraction of sp³-hybridized carbons (Fsp3) is 0.474. The third-order valence-corrected chi connectivity index (χ3v) is 5.76. The van der Waals surface area contributed by atoms with Crippen molar-refractivity contribution >= 4 is 28.5 Å². The van der Waals surface area contributed by atoms with E-state index >= 15 is 0 Å². The van der Waals surface area contributed by atoms with Gasteiger partial charge in [-0.25, -0.2) is 4.98 Å². The van der Waals surface area contributed by atoms with Gasteiger partial charge < -0.3 is 15.5 Å². The number of nitrogens with two attached hydrogens (primary N) is 1. The standard InChI is InChI=1S/C19H25N5O2S/c1-13-3-5-14(6-4-13)11-16-21-19(27-22-16)23(2)12-17(25)24-9-7-15(8-10-24)18(20)26/h3-6,15H,7-12H2,1-2H3,(H2,20,26). The first kappa shape index (κ1) is 19.3. The number of benzene rings is 1. The molecule has 0 radical (unpaired) electrons. The van der Waals surface area contributed by atoms with Gasteiger partial charge in [-0.2, -0.15) is 4.37 Å². The summed E-state index contributed by atoms with van der Waals surface area (Å²) in [5.74, 6) is 0.421. The lowest BCUT2D eigenvalue weighted by Crippen LogP contribution is -2.45. The molecule has 1 aromatic heterocycles. The zero-order chi connectivity index (χ0) is 19.4. The van der Waals surface area contributed by atoms with Gasteiger partial charge >= 0.3 is 0 Å². The van der Waals surface area contributed by atoms with Crippen molar-refractivity contribution in [1.82, 2.24) is 14.3 Å². The third-order valence-electron chi connectivity index (χ3n) is 4.89. The zero-order valence-electron chi connectivity index (χ0n) is 15.7. The van der Waals surface area contributed by atoms with Crippen LogP contribution < -0.4 is 10.6 Å². The molecule has 144 valence electrons. The van der Waals surface area contributed by atoms with Crippen LogP contribution in [0.4, 0.5) is 5.13 Å². The van der Waals surface area contributed by atoms with Gasteiger partial charge in [0.15, 0.2) is 0 Å². The van der Waals surface area contributed by atoms with E-state index in [2.05, 4.69) is 40.5 Å². The average Bonchev–Trinajstić information content (AvgIpc) is 3.12. The van der Waals surface area contributed by atoms with E-state index in [1.54, 1.807) is 4.90 Å². The number of hydrogen-bond acceptors (Lipinski definition) is 6. The highest BCUT2D eigenvalue weighted by Gasteiger charge is 2.26. The third kappa shape index (κ3) is 5.03. The van der Waals surface area contributed by atoms with E-state index in [0.717, 1.165) is 11.0 Å². The van der Waals surface area contributed by atoms with Crippen molar-refractivity contribution in [2.45, 2.75) is 26.2 Å². The van der Waals surface area contributed by atoms with Gasteiger partial charge in [-0.05, 0) is 25.3 Å². The molecule has 0 aliphatic carbocycles. The van der Waals surface area contributed by atoms with E-state index in [4.69, 9.17) is 5.73 Å². The number of anilines is 1. The number of primary amides is 1. The number of aromatic nitrogens is 2. The minimum Gasteiger partial charge on any atom is -0.369 e. The Bertz CT molecular complexity index is 797. The molecule has 3 rings (SSSR count). The Labute approximate surface area is 163 Å². The molecule has 1 saturated heterocycles. The van der Waals surface area contributed by atoms with Gasteiger partial charge in [-0.15, -0.1) is 0 Å². The molecule has 0 atom stereocenters. The predicted octanol–water partition coefficient (Wildman–Crippen LogP) is 1.60. The molecule has 0 saturated carbocycles. The second-order valence-electron chi connectivity index (χ2n) is 7.07. The molecule has 8 heteroatoms. The number of aryl methyl sites for hydroxylation is 1. The van der Waals surface area contributed by atoms with Crippen LogP contribution in [-0.4, -0.2) is 52.8 Å². The van der Waals surface area contributed by atoms with Crippen molar-refractivity contribution < 1.29 is 9.59 Å². The SMILES string of the molecule is Cc1ccc(Cc2nsc(N(C)CC(=O)N3CCC(C(N)=O)CC3)n2)cc1. The molecule has 1 aliphatic rings. The Balaban J connectivity index is 1.53. The van der Waals surface area contributed by atoms with E-state index < -0.39 is 0 Å². The van der Waals surface area contributed by atoms with Gasteiger partial charge in [0.2, 0.25) is 16.9 Å². The quantitative estimate of drug-likeness (QED) is 0.813. The summed E-state index contributed by atoms with van der Waals surface area (Å²) >= 11 is 1.31. The smallest absolute Gasteiger partial charge is 0.242 e. The summed E-state index contributed by atoms with van der Waals surface area (Å²) in [6, 6.07) is 8.32. The highest BCUT2D eigenvalue weighted by Crippen LogP contribution is 2.20. The lowest BCUT2D eigenvalue weighted by Gasteiger charge is -2.31. The number of likely N-dealkylation sites (tertiary alicyclic amines) is 1. The van der Waals surface area contributed by atoms with E-state index in [1.807, 2.05) is 11.9 Å². The van der Waals surface area contributed by atoms with Crippen LogP contribution in [0.1, 0.15) is 29.8 Å². The summed E-state index contributed by atoms with van der Waals surface area (Å²) in [4.78, 5) is 31.9. The number of hydrogen-bond donors (Lipinski definition) is 1. The van der Waals surface area contributed by atoms with Gasteiger partial charge in [-0.1, -0.05) is 29.8 Å². The molecule has 1 fully saturated rings. The Morgan fingerprint density at radius 2 is 1.93 bits per heavy atom. The molecular weight excluding hydrogens is 362 g/mol. The first-order valence-electron chi connectivity index (χ1n) is 9.08. The maximum Gasteiger partial charge on any atom is 0.242 e. The minimum atomic E-state index is -0.269. The van der Waals surface area contributed by atoms with Crippen LogP contribution in [0, 0.1) is 12.8 Å². The second-order valence-corrected chi connectivity index (χ2v) is 7.80. The molecular formula is C19H25N5O2S. The van der Waals surface area contributed by atoms with Crippen LogP contribution in [0.15, 0.2) is 24.3 Å². The largest absolute Gasteiger partial charge is 0.369 e. The molecule has 2 heterocycles.